The molecule has 0 saturated carbocycles. The van der Waals surface area contributed by atoms with E-state index >= 15 is 0 Å². The van der Waals surface area contributed by atoms with Crippen molar-refractivity contribution in [2.75, 3.05) is 14.2 Å². The van der Waals surface area contributed by atoms with Crippen LogP contribution < -0.4 is 20.7 Å². The maximum Gasteiger partial charge on any atom is 0.408 e. The third kappa shape index (κ3) is 9.87. The Labute approximate surface area is 221 Å². The molecule has 1 rings (SSSR count). The summed E-state index contributed by atoms with van der Waals surface area (Å²) < 4.78 is 24.2. The Morgan fingerprint density at radius 1 is 0.974 bits per heavy atom. The number of nitrogens with one attached hydrogen (secondary N) is 3. The number of carbonyl (C=O) groups is 5. The van der Waals surface area contributed by atoms with Crippen molar-refractivity contribution >= 4 is 29.8 Å². The SMILES string of the molecule is COc1ccc(CC(C(=O)N[C@@H](C)C(=O)O)N(C)C(=O)[C@H](C)NC(=O)[C@@H](C)NC(=O)OC(C)(C)C)cc1F. The van der Waals surface area contributed by atoms with Crippen LogP contribution in [-0.4, -0.2) is 83.7 Å². The molecule has 212 valence electrons. The predicted molar refractivity (Wildman–Crippen MR) is 135 cm³/mol. The van der Waals surface area contributed by atoms with E-state index in [1.165, 1.54) is 47.1 Å². The van der Waals surface area contributed by atoms with Gasteiger partial charge in [0.2, 0.25) is 17.7 Å². The number of likely N-dealkylation sites (N-methyl/N-ethyl adjacent to an activating group) is 1. The number of benzene rings is 1. The molecule has 0 heterocycles. The maximum absolute atomic E-state index is 14.2. The quantitative estimate of drug-likeness (QED) is 0.325. The molecule has 0 saturated heterocycles. The molecule has 4 N–H and O–H groups in total. The molecule has 0 bridgehead atoms. The minimum absolute atomic E-state index is 0.0101. The Kier molecular flexibility index (Phi) is 11.5. The molecule has 12 nitrogen and oxygen atoms in total. The first-order valence-electron chi connectivity index (χ1n) is 11.9. The molecule has 0 aliphatic carbocycles. The number of rotatable bonds is 11. The number of amides is 4. The largest absolute Gasteiger partial charge is 0.494 e. The fourth-order valence-corrected chi connectivity index (χ4v) is 3.25. The van der Waals surface area contributed by atoms with Gasteiger partial charge in [0.05, 0.1) is 7.11 Å². The molecule has 0 aliphatic rings. The molecule has 0 spiro atoms. The summed E-state index contributed by atoms with van der Waals surface area (Å²) in [4.78, 5) is 62.9. The number of hydrogen-bond donors (Lipinski definition) is 4. The highest BCUT2D eigenvalue weighted by Gasteiger charge is 2.33. The topological polar surface area (TPSA) is 163 Å². The highest BCUT2D eigenvalue weighted by atomic mass is 19.1. The van der Waals surface area contributed by atoms with Crippen LogP contribution >= 0.6 is 0 Å². The number of aliphatic carboxylic acids is 1. The predicted octanol–water partition coefficient (Wildman–Crippen LogP) is 1.21. The Morgan fingerprint density at radius 2 is 1.55 bits per heavy atom. The van der Waals surface area contributed by atoms with E-state index in [2.05, 4.69) is 16.0 Å². The summed E-state index contributed by atoms with van der Waals surface area (Å²) in [5.41, 5.74) is -0.426. The fraction of sp³-hybridized carbons (Fsp3) is 0.560. The van der Waals surface area contributed by atoms with Gasteiger partial charge in [-0.25, -0.2) is 9.18 Å². The first-order chi connectivity index (χ1) is 17.5. The van der Waals surface area contributed by atoms with Gasteiger partial charge in [-0.2, -0.15) is 0 Å². The van der Waals surface area contributed by atoms with Gasteiger partial charge < -0.3 is 35.4 Å². The first-order valence-corrected chi connectivity index (χ1v) is 11.9. The van der Waals surface area contributed by atoms with Crippen molar-refractivity contribution in [3.8, 4) is 5.75 Å². The Morgan fingerprint density at radius 3 is 2.05 bits per heavy atom. The van der Waals surface area contributed by atoms with Gasteiger partial charge in [-0.05, 0) is 59.2 Å². The summed E-state index contributed by atoms with van der Waals surface area (Å²) >= 11 is 0. The average Bonchev–Trinajstić information content (AvgIpc) is 2.79. The Hall–Kier alpha value is -3.90. The lowest BCUT2D eigenvalue weighted by molar-refractivity contribution is -0.144. The average molecular weight is 541 g/mol. The summed E-state index contributed by atoms with van der Waals surface area (Å²) in [7, 11) is 2.61. The molecule has 1 aromatic carbocycles. The van der Waals surface area contributed by atoms with Crippen molar-refractivity contribution < 1.29 is 42.9 Å². The van der Waals surface area contributed by atoms with Gasteiger partial charge in [0.15, 0.2) is 11.6 Å². The molecule has 0 aliphatic heterocycles. The number of halogens is 1. The maximum atomic E-state index is 14.2. The molecular weight excluding hydrogens is 503 g/mol. The smallest absolute Gasteiger partial charge is 0.408 e. The molecule has 0 aromatic heterocycles. The summed E-state index contributed by atoms with van der Waals surface area (Å²) in [6.45, 7) is 9.04. The van der Waals surface area contributed by atoms with E-state index in [1.54, 1.807) is 20.8 Å². The number of nitrogens with zero attached hydrogens (tertiary/aromatic N) is 1. The zero-order valence-electron chi connectivity index (χ0n) is 22.9. The van der Waals surface area contributed by atoms with Crippen molar-refractivity contribution in [1.29, 1.82) is 0 Å². The molecule has 4 amide bonds. The van der Waals surface area contributed by atoms with E-state index in [0.717, 1.165) is 11.0 Å². The highest BCUT2D eigenvalue weighted by Crippen LogP contribution is 2.20. The zero-order valence-corrected chi connectivity index (χ0v) is 22.9. The lowest BCUT2D eigenvalue weighted by atomic mass is 10.0. The van der Waals surface area contributed by atoms with Gasteiger partial charge in [0.1, 0.15) is 29.8 Å². The third-order valence-electron chi connectivity index (χ3n) is 5.35. The number of carbonyl (C=O) groups excluding carboxylic acids is 4. The Balaban J connectivity index is 3.04. The van der Waals surface area contributed by atoms with Crippen LogP contribution in [0.25, 0.3) is 0 Å². The second-order valence-electron chi connectivity index (χ2n) is 9.80. The second-order valence-corrected chi connectivity index (χ2v) is 9.80. The lowest BCUT2D eigenvalue weighted by Crippen LogP contribution is -2.57. The molecule has 38 heavy (non-hydrogen) atoms. The highest BCUT2D eigenvalue weighted by molar-refractivity contribution is 5.94. The van der Waals surface area contributed by atoms with E-state index in [9.17, 15) is 28.4 Å². The summed E-state index contributed by atoms with van der Waals surface area (Å²) in [6, 6.07) is -0.641. The molecular formula is C25H37FN4O8. The van der Waals surface area contributed by atoms with Crippen LogP contribution in [0.15, 0.2) is 18.2 Å². The fourth-order valence-electron chi connectivity index (χ4n) is 3.25. The molecule has 1 unspecified atom stereocenters. The van der Waals surface area contributed by atoms with Gasteiger partial charge >= 0.3 is 12.1 Å². The number of carboxylic acids is 1. The number of alkyl carbamates (subject to hydrolysis) is 1. The van der Waals surface area contributed by atoms with Gasteiger partial charge in [0, 0.05) is 13.5 Å². The van der Waals surface area contributed by atoms with E-state index in [-0.39, 0.29) is 12.2 Å². The van der Waals surface area contributed by atoms with Crippen molar-refractivity contribution in [3.05, 3.63) is 29.6 Å². The molecule has 4 atom stereocenters. The summed E-state index contributed by atoms with van der Waals surface area (Å²) in [6.07, 6.45) is -0.967. The summed E-state index contributed by atoms with van der Waals surface area (Å²) in [5, 5.41) is 16.3. The third-order valence-corrected chi connectivity index (χ3v) is 5.35. The first kappa shape index (κ1) is 32.1. The minimum Gasteiger partial charge on any atom is -0.494 e. The van der Waals surface area contributed by atoms with Gasteiger partial charge in [-0.15, -0.1) is 0 Å². The van der Waals surface area contributed by atoms with Crippen LogP contribution in [0.4, 0.5) is 9.18 Å². The number of ether oxygens (including phenoxy) is 2. The molecule has 0 radical (unpaired) electrons. The molecule has 1 aromatic rings. The molecule has 13 heteroatoms. The van der Waals surface area contributed by atoms with Crippen LogP contribution in [0, 0.1) is 5.82 Å². The normalized spacial score (nSPS) is 14.2. The van der Waals surface area contributed by atoms with E-state index in [1.807, 2.05) is 0 Å². The summed E-state index contributed by atoms with van der Waals surface area (Å²) in [5.74, 6) is -4.12. The Bertz CT molecular complexity index is 1040. The van der Waals surface area contributed by atoms with Crippen LogP contribution in [0.5, 0.6) is 5.75 Å². The van der Waals surface area contributed by atoms with Crippen molar-refractivity contribution in [2.24, 2.45) is 0 Å². The van der Waals surface area contributed by atoms with Crippen LogP contribution in [0.3, 0.4) is 0 Å². The van der Waals surface area contributed by atoms with Gasteiger partial charge in [-0.1, -0.05) is 6.07 Å². The van der Waals surface area contributed by atoms with Gasteiger partial charge in [0.25, 0.3) is 0 Å². The van der Waals surface area contributed by atoms with E-state index < -0.39 is 65.4 Å². The van der Waals surface area contributed by atoms with Crippen molar-refractivity contribution in [1.82, 2.24) is 20.9 Å². The van der Waals surface area contributed by atoms with Crippen molar-refractivity contribution in [2.45, 2.75) is 77.7 Å². The standard InChI is InChI=1S/C25H37FN4O8/c1-13(29-24(36)38-25(4,5)6)20(31)27-14(2)22(33)30(7)18(21(32)28-15(3)23(34)35)12-16-9-10-19(37-8)17(26)11-16/h9-11,13-15,18H,12H2,1-8H3,(H,27,31)(H,28,32)(H,29,36)(H,34,35)/t13-,14+,15+,18?/m1/s1. The van der Waals surface area contributed by atoms with Gasteiger partial charge in [-0.3, -0.25) is 19.2 Å². The monoisotopic (exact) mass is 540 g/mol. The van der Waals surface area contributed by atoms with Crippen LogP contribution in [0.2, 0.25) is 0 Å². The van der Waals surface area contributed by atoms with E-state index in [0.29, 0.717) is 5.56 Å². The molecule has 0 fully saturated rings. The van der Waals surface area contributed by atoms with Crippen molar-refractivity contribution in [3.63, 3.8) is 0 Å². The second kappa shape index (κ2) is 13.6. The minimum atomic E-state index is -1.28. The van der Waals surface area contributed by atoms with Crippen LogP contribution in [-0.2, 0) is 30.3 Å². The number of methoxy groups -OCH3 is 1. The number of carboxylic acid groups (broad SMARTS) is 1. The lowest BCUT2D eigenvalue weighted by Gasteiger charge is -2.31. The van der Waals surface area contributed by atoms with Crippen LogP contribution in [0.1, 0.15) is 47.1 Å². The van der Waals surface area contributed by atoms with E-state index in [4.69, 9.17) is 14.6 Å². The zero-order chi connectivity index (χ0) is 29.4. The number of hydrogen-bond acceptors (Lipinski definition) is 7.